The first kappa shape index (κ1) is 13.5. The summed E-state index contributed by atoms with van der Waals surface area (Å²) in [6.07, 6.45) is 0.731. The highest BCUT2D eigenvalue weighted by Crippen LogP contribution is 2.26. The summed E-state index contributed by atoms with van der Waals surface area (Å²) in [7, 11) is 3.54. The molecule has 0 aliphatic heterocycles. The number of anilines is 1. The molecule has 2 aromatic rings. The van der Waals surface area contributed by atoms with Crippen LogP contribution in [0.3, 0.4) is 0 Å². The number of nitrogens with zero attached hydrogens (tertiary/aromatic N) is 2. The molecule has 4 heteroatoms. The molecule has 1 aromatic heterocycles. The van der Waals surface area contributed by atoms with Gasteiger partial charge in [-0.2, -0.15) is 5.10 Å². The van der Waals surface area contributed by atoms with Crippen molar-refractivity contribution in [2.75, 3.05) is 12.8 Å². The Bertz CT molecular complexity index is 553. The van der Waals surface area contributed by atoms with E-state index < -0.39 is 0 Å². The summed E-state index contributed by atoms with van der Waals surface area (Å²) in [4.78, 5) is 0. The molecule has 0 bridgehead atoms. The summed E-state index contributed by atoms with van der Waals surface area (Å²) in [6.45, 7) is 4.37. The number of nitrogen functional groups attached to an aromatic ring is 1. The number of hydrogen-bond donors (Lipinski definition) is 1. The molecule has 0 fully saturated rings. The molecule has 1 heterocycles. The van der Waals surface area contributed by atoms with Crippen molar-refractivity contribution in [1.29, 1.82) is 0 Å². The number of ether oxygens (including phenoxy) is 1. The van der Waals surface area contributed by atoms with E-state index in [0.717, 1.165) is 23.4 Å². The van der Waals surface area contributed by atoms with Gasteiger partial charge in [0.25, 0.3) is 0 Å². The Morgan fingerprint density at radius 3 is 2.58 bits per heavy atom. The van der Waals surface area contributed by atoms with Gasteiger partial charge in [-0.15, -0.1) is 0 Å². The normalized spacial score (nSPS) is 11.0. The molecule has 0 radical (unpaired) electrons. The quantitative estimate of drug-likeness (QED) is 0.918. The van der Waals surface area contributed by atoms with Gasteiger partial charge in [0.1, 0.15) is 11.6 Å². The van der Waals surface area contributed by atoms with Crippen molar-refractivity contribution in [2.45, 2.75) is 26.2 Å². The maximum atomic E-state index is 5.81. The molecule has 0 aliphatic carbocycles. The summed E-state index contributed by atoms with van der Waals surface area (Å²) < 4.78 is 7.11. The molecule has 0 aliphatic rings. The van der Waals surface area contributed by atoms with Crippen LogP contribution in [0.15, 0.2) is 24.3 Å². The second kappa shape index (κ2) is 5.34. The van der Waals surface area contributed by atoms with Gasteiger partial charge < -0.3 is 10.5 Å². The lowest BCUT2D eigenvalue weighted by molar-refractivity contribution is 0.410. The molecule has 2 rings (SSSR count). The van der Waals surface area contributed by atoms with E-state index in [1.54, 1.807) is 11.8 Å². The second-order valence-corrected chi connectivity index (χ2v) is 5.09. The van der Waals surface area contributed by atoms with Crippen molar-refractivity contribution >= 4 is 5.82 Å². The predicted molar refractivity (Wildman–Crippen MR) is 77.5 cm³/mol. The largest absolute Gasteiger partial charge is 0.496 e. The highest BCUT2D eigenvalue weighted by molar-refractivity contribution is 5.42. The Morgan fingerprint density at radius 1 is 1.32 bits per heavy atom. The Hall–Kier alpha value is -1.97. The number of methoxy groups -OCH3 is 1. The molecule has 2 N–H and O–H groups in total. The third-order valence-electron chi connectivity index (χ3n) is 3.31. The van der Waals surface area contributed by atoms with E-state index in [4.69, 9.17) is 10.5 Å². The summed E-state index contributed by atoms with van der Waals surface area (Å²) >= 11 is 0. The lowest BCUT2D eigenvalue weighted by atomic mass is 9.98. The topological polar surface area (TPSA) is 53.1 Å². The minimum absolute atomic E-state index is 0.499. The number of rotatable bonds is 4. The highest BCUT2D eigenvalue weighted by Gasteiger charge is 2.10. The van der Waals surface area contributed by atoms with Crippen molar-refractivity contribution in [2.24, 2.45) is 7.05 Å². The average molecular weight is 259 g/mol. The van der Waals surface area contributed by atoms with Crippen LogP contribution in [0.4, 0.5) is 5.82 Å². The third-order valence-corrected chi connectivity index (χ3v) is 3.31. The molecule has 0 saturated carbocycles. The highest BCUT2D eigenvalue weighted by atomic mass is 16.5. The van der Waals surface area contributed by atoms with Crippen LogP contribution in [0.2, 0.25) is 0 Å². The molecule has 4 nitrogen and oxygen atoms in total. The summed E-state index contributed by atoms with van der Waals surface area (Å²) in [5.74, 6) is 2.07. The van der Waals surface area contributed by atoms with Crippen LogP contribution in [-0.4, -0.2) is 16.9 Å². The summed E-state index contributed by atoms with van der Waals surface area (Å²) in [5.41, 5.74) is 9.22. The van der Waals surface area contributed by atoms with Gasteiger partial charge in [0.15, 0.2) is 0 Å². The minimum atomic E-state index is 0.499. The van der Waals surface area contributed by atoms with Crippen LogP contribution in [0.1, 0.15) is 36.6 Å². The molecule has 102 valence electrons. The van der Waals surface area contributed by atoms with E-state index in [1.165, 1.54) is 5.56 Å². The molecular weight excluding hydrogens is 238 g/mol. The first-order valence-corrected chi connectivity index (χ1v) is 6.46. The third kappa shape index (κ3) is 2.89. The van der Waals surface area contributed by atoms with E-state index in [9.17, 15) is 0 Å². The van der Waals surface area contributed by atoms with Crippen molar-refractivity contribution < 1.29 is 4.74 Å². The lowest BCUT2D eigenvalue weighted by Crippen LogP contribution is -1.99. The average Bonchev–Trinajstić information content (AvgIpc) is 2.68. The fourth-order valence-corrected chi connectivity index (χ4v) is 2.12. The van der Waals surface area contributed by atoms with Gasteiger partial charge in [-0.1, -0.05) is 26.0 Å². The Labute approximate surface area is 114 Å². The molecule has 19 heavy (non-hydrogen) atoms. The molecule has 0 saturated heterocycles. The van der Waals surface area contributed by atoms with E-state index in [2.05, 4.69) is 31.1 Å². The predicted octanol–water partition coefficient (Wildman–Crippen LogP) is 2.73. The molecule has 0 unspecified atom stereocenters. The Morgan fingerprint density at radius 2 is 2.05 bits per heavy atom. The monoisotopic (exact) mass is 259 g/mol. The standard InChI is InChI=1S/C15H21N3O/c1-10(2)11-5-6-14(19-4)12(7-11)8-13-9-15(16)18(3)17-13/h5-7,9-10H,8,16H2,1-4H3. The van der Waals surface area contributed by atoms with Gasteiger partial charge in [-0.3, -0.25) is 4.68 Å². The molecule has 0 atom stereocenters. The van der Waals surface area contributed by atoms with Crippen LogP contribution in [0.5, 0.6) is 5.75 Å². The smallest absolute Gasteiger partial charge is 0.122 e. The molecule has 1 aromatic carbocycles. The summed E-state index contributed by atoms with van der Waals surface area (Å²) in [6, 6.07) is 8.23. The minimum Gasteiger partial charge on any atom is -0.496 e. The zero-order chi connectivity index (χ0) is 14.0. The van der Waals surface area contributed by atoms with Gasteiger partial charge >= 0.3 is 0 Å². The van der Waals surface area contributed by atoms with Crippen LogP contribution < -0.4 is 10.5 Å². The van der Waals surface area contributed by atoms with Crippen molar-refractivity contribution in [3.63, 3.8) is 0 Å². The van der Waals surface area contributed by atoms with E-state index in [1.807, 2.05) is 19.2 Å². The van der Waals surface area contributed by atoms with Crippen molar-refractivity contribution in [3.8, 4) is 5.75 Å². The van der Waals surface area contributed by atoms with Crippen LogP contribution >= 0.6 is 0 Å². The maximum Gasteiger partial charge on any atom is 0.122 e. The van der Waals surface area contributed by atoms with Crippen LogP contribution in [0.25, 0.3) is 0 Å². The van der Waals surface area contributed by atoms with Gasteiger partial charge in [0.05, 0.1) is 12.8 Å². The second-order valence-electron chi connectivity index (χ2n) is 5.09. The van der Waals surface area contributed by atoms with Gasteiger partial charge in [0, 0.05) is 25.1 Å². The molecule has 0 amide bonds. The van der Waals surface area contributed by atoms with E-state index >= 15 is 0 Å². The number of hydrogen-bond acceptors (Lipinski definition) is 3. The number of aryl methyl sites for hydroxylation is 1. The number of nitrogens with two attached hydrogens (primary N) is 1. The zero-order valence-electron chi connectivity index (χ0n) is 12.0. The van der Waals surface area contributed by atoms with Crippen molar-refractivity contribution in [1.82, 2.24) is 9.78 Å². The zero-order valence-corrected chi connectivity index (χ0v) is 12.0. The number of benzene rings is 1. The Balaban J connectivity index is 2.34. The van der Waals surface area contributed by atoms with Crippen LogP contribution in [0, 0.1) is 0 Å². The molecule has 0 spiro atoms. The Kier molecular flexibility index (Phi) is 3.79. The van der Waals surface area contributed by atoms with E-state index in [0.29, 0.717) is 11.7 Å². The number of aromatic nitrogens is 2. The fourth-order valence-electron chi connectivity index (χ4n) is 2.12. The van der Waals surface area contributed by atoms with Gasteiger partial charge in [-0.05, 0) is 17.5 Å². The van der Waals surface area contributed by atoms with E-state index in [-0.39, 0.29) is 0 Å². The first-order chi connectivity index (χ1) is 9.01. The van der Waals surface area contributed by atoms with Crippen LogP contribution in [-0.2, 0) is 13.5 Å². The fraction of sp³-hybridized carbons (Fsp3) is 0.400. The molecular formula is C15H21N3O. The van der Waals surface area contributed by atoms with Crippen molar-refractivity contribution in [3.05, 3.63) is 41.1 Å². The van der Waals surface area contributed by atoms with Gasteiger partial charge in [0.2, 0.25) is 0 Å². The summed E-state index contributed by atoms with van der Waals surface area (Å²) in [5, 5.41) is 4.39. The first-order valence-electron chi connectivity index (χ1n) is 6.46. The SMILES string of the molecule is COc1ccc(C(C)C)cc1Cc1cc(N)n(C)n1. The maximum absolute atomic E-state index is 5.81. The van der Waals surface area contributed by atoms with Gasteiger partial charge in [-0.25, -0.2) is 0 Å². The lowest BCUT2D eigenvalue weighted by Gasteiger charge is -2.12.